The van der Waals surface area contributed by atoms with E-state index in [2.05, 4.69) is 5.32 Å². The highest BCUT2D eigenvalue weighted by molar-refractivity contribution is 7.89. The molecule has 0 aliphatic heterocycles. The van der Waals surface area contributed by atoms with Gasteiger partial charge in [0.25, 0.3) is 0 Å². The molecule has 0 heterocycles. The minimum Gasteiger partial charge on any atom is -0.352 e. The molecule has 9 heteroatoms. The van der Waals surface area contributed by atoms with Crippen LogP contribution >= 0.6 is 0 Å². The van der Waals surface area contributed by atoms with Crippen molar-refractivity contribution in [1.82, 2.24) is 10.0 Å². The third-order valence-corrected chi connectivity index (χ3v) is 4.92. The molecular weight excluding hydrogens is 345 g/mol. The number of alkyl halides is 3. The van der Waals surface area contributed by atoms with Gasteiger partial charge in [-0.2, -0.15) is 17.9 Å². The minimum absolute atomic E-state index is 0.156. The van der Waals surface area contributed by atoms with Gasteiger partial charge in [-0.1, -0.05) is 25.5 Å². The van der Waals surface area contributed by atoms with Crippen molar-refractivity contribution in [1.29, 1.82) is 0 Å². The molecule has 2 unspecified atom stereocenters. The zero-order chi connectivity index (χ0) is 18.5. The normalized spacial score (nSPS) is 14.9. The Morgan fingerprint density at radius 2 is 1.79 bits per heavy atom. The van der Waals surface area contributed by atoms with Crippen LogP contribution in [0.25, 0.3) is 0 Å². The molecule has 2 atom stereocenters. The summed E-state index contributed by atoms with van der Waals surface area (Å²) in [6, 6.07) is 2.48. The van der Waals surface area contributed by atoms with Crippen LogP contribution in [0.3, 0.4) is 0 Å². The van der Waals surface area contributed by atoms with Gasteiger partial charge in [0, 0.05) is 6.04 Å². The van der Waals surface area contributed by atoms with Gasteiger partial charge in [-0.3, -0.25) is 4.79 Å². The molecule has 5 nitrogen and oxygen atoms in total. The SMILES string of the molecule is CCCC(C)NC(=O)C(C)NS(=O)(=O)c1ccccc1C(F)(F)F. The second-order valence-electron chi connectivity index (χ2n) is 5.54. The van der Waals surface area contributed by atoms with Gasteiger partial charge in [0.15, 0.2) is 0 Å². The smallest absolute Gasteiger partial charge is 0.352 e. The predicted molar refractivity (Wildman–Crippen MR) is 83.7 cm³/mol. The van der Waals surface area contributed by atoms with E-state index in [0.717, 1.165) is 18.6 Å². The lowest BCUT2D eigenvalue weighted by molar-refractivity contribution is -0.139. The van der Waals surface area contributed by atoms with Gasteiger partial charge < -0.3 is 5.32 Å². The summed E-state index contributed by atoms with van der Waals surface area (Å²) in [4.78, 5) is 11.1. The van der Waals surface area contributed by atoms with Crippen LogP contribution in [0.2, 0.25) is 0 Å². The molecule has 1 aromatic rings. The van der Waals surface area contributed by atoms with Crippen LogP contribution in [-0.4, -0.2) is 26.4 Å². The van der Waals surface area contributed by atoms with Crippen LogP contribution in [0.15, 0.2) is 29.2 Å². The van der Waals surface area contributed by atoms with E-state index in [1.807, 2.05) is 11.6 Å². The van der Waals surface area contributed by atoms with Crippen molar-refractivity contribution in [3.63, 3.8) is 0 Å². The van der Waals surface area contributed by atoms with Crippen molar-refractivity contribution >= 4 is 15.9 Å². The zero-order valence-electron chi connectivity index (χ0n) is 13.6. The fraction of sp³-hybridized carbons (Fsp3) is 0.533. The summed E-state index contributed by atoms with van der Waals surface area (Å²) in [6.45, 7) is 4.98. The number of sulfonamides is 1. The van der Waals surface area contributed by atoms with Gasteiger partial charge in [0.1, 0.15) is 0 Å². The summed E-state index contributed by atoms with van der Waals surface area (Å²) in [6.07, 6.45) is -3.27. The monoisotopic (exact) mass is 366 g/mol. The summed E-state index contributed by atoms with van der Waals surface area (Å²) in [5.41, 5.74) is -1.27. The van der Waals surface area contributed by atoms with Crippen molar-refractivity contribution < 1.29 is 26.4 Å². The number of benzene rings is 1. The van der Waals surface area contributed by atoms with Gasteiger partial charge in [-0.15, -0.1) is 0 Å². The van der Waals surface area contributed by atoms with E-state index < -0.39 is 38.6 Å². The number of amides is 1. The molecule has 0 aliphatic rings. The van der Waals surface area contributed by atoms with E-state index in [-0.39, 0.29) is 6.04 Å². The highest BCUT2D eigenvalue weighted by atomic mass is 32.2. The van der Waals surface area contributed by atoms with Gasteiger partial charge in [-0.05, 0) is 32.4 Å². The molecule has 0 saturated carbocycles. The zero-order valence-corrected chi connectivity index (χ0v) is 14.5. The average molecular weight is 366 g/mol. The summed E-state index contributed by atoms with van der Waals surface area (Å²) in [5, 5.41) is 2.61. The second-order valence-corrected chi connectivity index (χ2v) is 7.22. The quantitative estimate of drug-likeness (QED) is 0.779. The van der Waals surface area contributed by atoms with E-state index >= 15 is 0 Å². The van der Waals surface area contributed by atoms with Crippen molar-refractivity contribution in [3.05, 3.63) is 29.8 Å². The maximum atomic E-state index is 13.0. The van der Waals surface area contributed by atoms with Crippen LogP contribution in [-0.2, 0) is 21.0 Å². The number of nitrogens with one attached hydrogen (secondary N) is 2. The lowest BCUT2D eigenvalue weighted by atomic mass is 10.2. The molecule has 0 spiro atoms. The largest absolute Gasteiger partial charge is 0.417 e. The van der Waals surface area contributed by atoms with E-state index in [1.54, 1.807) is 6.92 Å². The van der Waals surface area contributed by atoms with E-state index in [1.165, 1.54) is 13.0 Å². The Morgan fingerprint density at radius 3 is 2.33 bits per heavy atom. The van der Waals surface area contributed by atoms with Crippen LogP contribution in [0.1, 0.15) is 39.2 Å². The van der Waals surface area contributed by atoms with Gasteiger partial charge in [0.2, 0.25) is 15.9 Å². The van der Waals surface area contributed by atoms with Crippen molar-refractivity contribution in [2.45, 2.75) is 56.8 Å². The highest BCUT2D eigenvalue weighted by Crippen LogP contribution is 2.33. The summed E-state index contributed by atoms with van der Waals surface area (Å²) >= 11 is 0. The molecule has 2 N–H and O–H groups in total. The van der Waals surface area contributed by atoms with Gasteiger partial charge in [-0.25, -0.2) is 8.42 Å². The fourth-order valence-corrected chi connectivity index (χ4v) is 3.59. The summed E-state index contributed by atoms with van der Waals surface area (Å²) in [5.74, 6) is -0.594. The molecule has 0 aromatic heterocycles. The Morgan fingerprint density at radius 1 is 1.21 bits per heavy atom. The summed E-state index contributed by atoms with van der Waals surface area (Å²) < 4.78 is 65.3. The molecule has 0 aliphatic carbocycles. The first-order chi connectivity index (χ1) is 11.0. The second kappa shape index (κ2) is 7.98. The van der Waals surface area contributed by atoms with Crippen LogP contribution in [0.4, 0.5) is 13.2 Å². The molecule has 1 amide bonds. The van der Waals surface area contributed by atoms with Crippen molar-refractivity contribution in [2.75, 3.05) is 0 Å². The molecule has 0 fully saturated rings. The first-order valence-corrected chi connectivity index (χ1v) is 8.96. The van der Waals surface area contributed by atoms with Gasteiger partial charge in [0.05, 0.1) is 16.5 Å². The Kier molecular flexibility index (Phi) is 6.79. The number of carbonyl (C=O) groups excluding carboxylic acids is 1. The molecule has 24 heavy (non-hydrogen) atoms. The molecule has 1 rings (SSSR count). The topological polar surface area (TPSA) is 75.3 Å². The van der Waals surface area contributed by atoms with E-state index in [4.69, 9.17) is 0 Å². The van der Waals surface area contributed by atoms with Crippen LogP contribution < -0.4 is 10.0 Å². The molecule has 0 radical (unpaired) electrons. The van der Waals surface area contributed by atoms with Crippen LogP contribution in [0.5, 0.6) is 0 Å². The Balaban J connectivity index is 2.97. The van der Waals surface area contributed by atoms with Crippen molar-refractivity contribution in [3.8, 4) is 0 Å². The number of carbonyl (C=O) groups is 1. The van der Waals surface area contributed by atoms with Crippen molar-refractivity contribution in [2.24, 2.45) is 0 Å². The number of rotatable bonds is 7. The molecule has 136 valence electrons. The third-order valence-electron chi connectivity index (χ3n) is 3.32. The first kappa shape index (κ1) is 20.4. The maximum absolute atomic E-state index is 13.0. The molecule has 0 bridgehead atoms. The highest BCUT2D eigenvalue weighted by Gasteiger charge is 2.37. The Labute approximate surface area is 139 Å². The minimum atomic E-state index is -4.81. The average Bonchev–Trinajstić information content (AvgIpc) is 2.46. The Bertz CT molecular complexity index is 675. The van der Waals surface area contributed by atoms with Gasteiger partial charge >= 0.3 is 6.18 Å². The van der Waals surface area contributed by atoms with Crippen LogP contribution in [0, 0.1) is 0 Å². The standard InChI is InChI=1S/C15H21F3N2O3S/c1-4-7-10(2)19-14(21)11(3)20-24(22,23)13-9-6-5-8-12(13)15(16,17)18/h5-6,8-11,20H,4,7H2,1-3H3,(H,19,21). The predicted octanol–water partition coefficient (Wildman–Crippen LogP) is 2.68. The Hall–Kier alpha value is -1.61. The summed E-state index contributed by atoms with van der Waals surface area (Å²) in [7, 11) is -4.50. The lowest BCUT2D eigenvalue weighted by Gasteiger charge is -2.19. The van der Waals surface area contributed by atoms with E-state index in [9.17, 15) is 26.4 Å². The lowest BCUT2D eigenvalue weighted by Crippen LogP contribution is -2.47. The molecule has 1 aromatic carbocycles. The van der Waals surface area contributed by atoms with E-state index in [0.29, 0.717) is 12.5 Å². The maximum Gasteiger partial charge on any atom is 0.417 e. The third kappa shape index (κ3) is 5.48. The first-order valence-electron chi connectivity index (χ1n) is 7.48. The number of halogens is 3. The number of hydrogen-bond donors (Lipinski definition) is 2. The number of hydrogen-bond acceptors (Lipinski definition) is 3. The molecular formula is C15H21F3N2O3S. The fourth-order valence-electron chi connectivity index (χ4n) is 2.16. The molecule has 0 saturated heterocycles.